The molecule has 1 aliphatic rings. The number of hydrogen-bond donors (Lipinski definition) is 1. The molecular weight excluding hydrogens is 376 g/mol. The summed E-state index contributed by atoms with van der Waals surface area (Å²) in [6.45, 7) is 2.16. The molecule has 30 heavy (non-hydrogen) atoms. The summed E-state index contributed by atoms with van der Waals surface area (Å²) in [7, 11) is 1.65. The van der Waals surface area contributed by atoms with Gasteiger partial charge in [0, 0.05) is 37.2 Å². The minimum absolute atomic E-state index is 0.0370. The Balaban J connectivity index is 1.30. The Labute approximate surface area is 176 Å². The highest BCUT2D eigenvalue weighted by atomic mass is 16.5. The molecule has 6 heteroatoms. The number of aromatic nitrogens is 2. The topological polar surface area (TPSA) is 67.3 Å². The molecule has 2 heterocycles. The summed E-state index contributed by atoms with van der Waals surface area (Å²) in [5.74, 6) is 1.89. The van der Waals surface area contributed by atoms with Crippen LogP contribution in [0.5, 0.6) is 5.75 Å². The maximum Gasteiger partial charge on any atom is 0.223 e. The Morgan fingerprint density at radius 1 is 1.07 bits per heavy atom. The summed E-state index contributed by atoms with van der Waals surface area (Å²) in [5.41, 5.74) is 3.06. The van der Waals surface area contributed by atoms with E-state index in [4.69, 9.17) is 4.74 Å². The highest BCUT2D eigenvalue weighted by Crippen LogP contribution is 2.25. The molecule has 0 saturated carbocycles. The number of piperidine rings is 1. The first kappa shape index (κ1) is 19.9. The largest absolute Gasteiger partial charge is 0.497 e. The van der Waals surface area contributed by atoms with E-state index in [0.29, 0.717) is 6.54 Å². The van der Waals surface area contributed by atoms with Gasteiger partial charge >= 0.3 is 0 Å². The second-order valence-electron chi connectivity index (χ2n) is 7.45. The lowest BCUT2D eigenvalue weighted by Gasteiger charge is -2.32. The van der Waals surface area contributed by atoms with Gasteiger partial charge in [-0.25, -0.2) is 9.97 Å². The van der Waals surface area contributed by atoms with E-state index in [9.17, 15) is 4.79 Å². The number of methoxy groups -OCH3 is 1. The van der Waals surface area contributed by atoms with Crippen molar-refractivity contribution in [3.8, 4) is 17.0 Å². The zero-order valence-electron chi connectivity index (χ0n) is 17.1. The molecule has 1 aromatic heterocycles. The van der Waals surface area contributed by atoms with Crippen LogP contribution in [0.15, 0.2) is 67.0 Å². The lowest BCUT2D eigenvalue weighted by Crippen LogP contribution is -2.40. The third-order valence-electron chi connectivity index (χ3n) is 5.54. The zero-order chi connectivity index (χ0) is 20.8. The first-order chi connectivity index (χ1) is 14.7. The number of carbonyl (C=O) groups is 1. The summed E-state index contributed by atoms with van der Waals surface area (Å²) in [6, 6.07) is 19.9. The molecule has 1 N–H and O–H groups in total. The summed E-state index contributed by atoms with van der Waals surface area (Å²) >= 11 is 0. The van der Waals surface area contributed by atoms with Crippen LogP contribution in [0.2, 0.25) is 0 Å². The molecule has 0 atom stereocenters. The van der Waals surface area contributed by atoms with Crippen molar-refractivity contribution in [1.82, 2.24) is 15.3 Å². The fraction of sp³-hybridized carbons (Fsp3) is 0.292. The van der Waals surface area contributed by atoms with Crippen molar-refractivity contribution in [2.75, 3.05) is 25.1 Å². The van der Waals surface area contributed by atoms with Gasteiger partial charge in [0.2, 0.25) is 5.91 Å². The molecule has 154 valence electrons. The molecule has 0 unspecified atom stereocenters. The van der Waals surface area contributed by atoms with Crippen LogP contribution < -0.4 is 15.0 Å². The van der Waals surface area contributed by atoms with Crippen molar-refractivity contribution in [3.63, 3.8) is 0 Å². The third-order valence-corrected chi connectivity index (χ3v) is 5.54. The standard InChI is InChI=1S/C24H26N4O2/c1-30-21-9-7-18(8-10-21)16-25-24(29)20-11-13-28(14-12-20)23-15-22(26-17-27-23)19-5-3-2-4-6-19/h2-10,15,17,20H,11-14,16H2,1H3,(H,25,29). The Morgan fingerprint density at radius 3 is 2.50 bits per heavy atom. The molecule has 0 spiro atoms. The summed E-state index contributed by atoms with van der Waals surface area (Å²) in [5, 5.41) is 3.07. The predicted molar refractivity (Wildman–Crippen MR) is 117 cm³/mol. The highest BCUT2D eigenvalue weighted by molar-refractivity contribution is 5.79. The fourth-order valence-corrected chi connectivity index (χ4v) is 3.73. The second-order valence-corrected chi connectivity index (χ2v) is 7.45. The van der Waals surface area contributed by atoms with Crippen LogP contribution >= 0.6 is 0 Å². The van der Waals surface area contributed by atoms with Gasteiger partial charge in [0.1, 0.15) is 17.9 Å². The number of nitrogens with zero attached hydrogens (tertiary/aromatic N) is 3. The van der Waals surface area contributed by atoms with E-state index in [0.717, 1.165) is 54.3 Å². The van der Waals surface area contributed by atoms with Crippen LogP contribution in [0.4, 0.5) is 5.82 Å². The number of nitrogens with one attached hydrogen (secondary N) is 1. The number of ether oxygens (including phenoxy) is 1. The van der Waals surface area contributed by atoms with E-state index in [1.165, 1.54) is 0 Å². The number of carbonyl (C=O) groups excluding carboxylic acids is 1. The third kappa shape index (κ3) is 4.76. The molecule has 1 saturated heterocycles. The molecular formula is C24H26N4O2. The molecule has 0 bridgehead atoms. The van der Waals surface area contributed by atoms with Gasteiger partial charge in [0.05, 0.1) is 12.8 Å². The van der Waals surface area contributed by atoms with Crippen LogP contribution in [-0.4, -0.2) is 36.1 Å². The molecule has 0 radical (unpaired) electrons. The van der Waals surface area contributed by atoms with Crippen LogP contribution in [0.1, 0.15) is 18.4 Å². The van der Waals surface area contributed by atoms with Crippen molar-refractivity contribution in [3.05, 3.63) is 72.6 Å². The van der Waals surface area contributed by atoms with E-state index < -0.39 is 0 Å². The van der Waals surface area contributed by atoms with Crippen LogP contribution in [0.3, 0.4) is 0 Å². The monoisotopic (exact) mass is 402 g/mol. The smallest absolute Gasteiger partial charge is 0.223 e. The molecule has 2 aromatic carbocycles. The Hall–Kier alpha value is -3.41. The van der Waals surface area contributed by atoms with Crippen LogP contribution in [0, 0.1) is 5.92 Å². The fourth-order valence-electron chi connectivity index (χ4n) is 3.73. The number of amides is 1. The molecule has 4 rings (SSSR count). The maximum atomic E-state index is 12.6. The average Bonchev–Trinajstić information content (AvgIpc) is 2.83. The van der Waals surface area contributed by atoms with Crippen molar-refractivity contribution < 1.29 is 9.53 Å². The lowest BCUT2D eigenvalue weighted by atomic mass is 9.95. The van der Waals surface area contributed by atoms with E-state index in [-0.39, 0.29) is 11.8 Å². The number of rotatable bonds is 6. The zero-order valence-corrected chi connectivity index (χ0v) is 17.1. The average molecular weight is 402 g/mol. The molecule has 3 aromatic rings. The van der Waals surface area contributed by atoms with Crippen molar-refractivity contribution in [2.24, 2.45) is 5.92 Å². The molecule has 6 nitrogen and oxygen atoms in total. The summed E-state index contributed by atoms with van der Waals surface area (Å²) in [6.07, 6.45) is 3.25. The minimum Gasteiger partial charge on any atom is -0.497 e. The van der Waals surface area contributed by atoms with Crippen molar-refractivity contribution in [1.29, 1.82) is 0 Å². The van der Waals surface area contributed by atoms with Gasteiger partial charge < -0.3 is 15.0 Å². The quantitative estimate of drug-likeness (QED) is 0.681. The van der Waals surface area contributed by atoms with E-state index >= 15 is 0 Å². The van der Waals surface area contributed by atoms with Gasteiger partial charge in [-0.15, -0.1) is 0 Å². The summed E-state index contributed by atoms with van der Waals surface area (Å²) < 4.78 is 5.17. The van der Waals surface area contributed by atoms with E-state index in [1.807, 2.05) is 60.7 Å². The van der Waals surface area contributed by atoms with Crippen LogP contribution in [-0.2, 0) is 11.3 Å². The first-order valence-electron chi connectivity index (χ1n) is 10.3. The Bertz CT molecular complexity index is 968. The van der Waals surface area contributed by atoms with Gasteiger partial charge in [-0.2, -0.15) is 0 Å². The SMILES string of the molecule is COc1ccc(CNC(=O)C2CCN(c3cc(-c4ccccc4)ncn3)CC2)cc1. The highest BCUT2D eigenvalue weighted by Gasteiger charge is 2.25. The Kier molecular flexibility index (Phi) is 6.23. The van der Waals surface area contributed by atoms with Gasteiger partial charge in [-0.05, 0) is 30.5 Å². The van der Waals surface area contributed by atoms with Gasteiger partial charge in [-0.3, -0.25) is 4.79 Å². The number of anilines is 1. The maximum absolute atomic E-state index is 12.6. The molecule has 1 aliphatic heterocycles. The predicted octanol–water partition coefficient (Wildman–Crippen LogP) is 3.69. The number of benzene rings is 2. The summed E-state index contributed by atoms with van der Waals surface area (Å²) in [4.78, 5) is 23.7. The van der Waals surface area contributed by atoms with Gasteiger partial charge in [0.15, 0.2) is 0 Å². The normalized spacial score (nSPS) is 14.4. The minimum atomic E-state index is 0.0370. The van der Waals surface area contributed by atoms with Gasteiger partial charge in [0.25, 0.3) is 0 Å². The molecule has 1 fully saturated rings. The first-order valence-corrected chi connectivity index (χ1v) is 10.3. The van der Waals surface area contributed by atoms with E-state index in [2.05, 4.69) is 20.2 Å². The van der Waals surface area contributed by atoms with E-state index in [1.54, 1.807) is 13.4 Å². The van der Waals surface area contributed by atoms with Crippen LogP contribution in [0.25, 0.3) is 11.3 Å². The lowest BCUT2D eigenvalue weighted by molar-refractivity contribution is -0.125. The van der Waals surface area contributed by atoms with Crippen molar-refractivity contribution >= 4 is 11.7 Å². The number of hydrogen-bond acceptors (Lipinski definition) is 5. The molecule has 0 aliphatic carbocycles. The van der Waals surface area contributed by atoms with Gasteiger partial charge in [-0.1, -0.05) is 42.5 Å². The van der Waals surface area contributed by atoms with Crippen molar-refractivity contribution in [2.45, 2.75) is 19.4 Å². The Morgan fingerprint density at radius 2 is 1.80 bits per heavy atom. The second kappa shape index (κ2) is 9.39. The molecule has 1 amide bonds.